The van der Waals surface area contributed by atoms with Crippen LogP contribution in [-0.2, 0) is 24.3 Å². The first-order valence-corrected chi connectivity index (χ1v) is 13.2. The van der Waals surface area contributed by atoms with Gasteiger partial charge in [-0.25, -0.2) is 17.2 Å². The SMILES string of the molecule is CCCCCC(=O)NC(C(=O)OCC)C(=O)c1cn(S(=O)(=O)c2ccccc2[N+](=O)[O-])c2ccccc12. The highest BCUT2D eigenvalue weighted by Crippen LogP contribution is 2.31. The van der Waals surface area contributed by atoms with Crippen molar-refractivity contribution < 1.29 is 32.5 Å². The van der Waals surface area contributed by atoms with Crippen molar-refractivity contribution in [2.24, 2.45) is 0 Å². The van der Waals surface area contributed by atoms with E-state index in [1.54, 1.807) is 19.1 Å². The molecular formula is C25H27N3O8S. The zero-order valence-corrected chi connectivity index (χ0v) is 21.2. The van der Waals surface area contributed by atoms with Gasteiger partial charge in [0.2, 0.25) is 5.91 Å². The number of hydrogen-bond acceptors (Lipinski definition) is 8. The Hall–Kier alpha value is -4.06. The number of carbonyl (C=O) groups is 3. The van der Waals surface area contributed by atoms with Crippen LogP contribution in [0.5, 0.6) is 0 Å². The van der Waals surface area contributed by atoms with Gasteiger partial charge in [0.25, 0.3) is 15.7 Å². The van der Waals surface area contributed by atoms with Crippen LogP contribution in [0.2, 0.25) is 0 Å². The van der Waals surface area contributed by atoms with Gasteiger partial charge in [-0.2, -0.15) is 0 Å². The number of ketones is 1. The van der Waals surface area contributed by atoms with Crippen LogP contribution >= 0.6 is 0 Å². The Morgan fingerprint density at radius 3 is 2.41 bits per heavy atom. The molecule has 3 aromatic rings. The van der Waals surface area contributed by atoms with Crippen molar-refractivity contribution in [2.45, 2.75) is 50.5 Å². The molecule has 1 atom stereocenters. The van der Waals surface area contributed by atoms with Gasteiger partial charge in [0.15, 0.2) is 16.7 Å². The summed E-state index contributed by atoms with van der Waals surface area (Å²) in [5, 5.41) is 14.1. The van der Waals surface area contributed by atoms with Crippen LogP contribution in [0.25, 0.3) is 10.9 Å². The highest BCUT2D eigenvalue weighted by atomic mass is 32.2. The van der Waals surface area contributed by atoms with Crippen molar-refractivity contribution in [3.8, 4) is 0 Å². The second-order valence-corrected chi connectivity index (χ2v) is 9.94. The minimum absolute atomic E-state index is 0.0396. The van der Waals surface area contributed by atoms with Gasteiger partial charge in [0, 0.05) is 29.6 Å². The van der Waals surface area contributed by atoms with E-state index < -0.39 is 49.2 Å². The number of carbonyl (C=O) groups excluding carboxylic acids is 3. The van der Waals surface area contributed by atoms with E-state index in [9.17, 15) is 32.9 Å². The molecule has 196 valence electrons. The molecular weight excluding hydrogens is 502 g/mol. The number of aromatic nitrogens is 1. The average Bonchev–Trinajstić information content (AvgIpc) is 3.28. The fourth-order valence-corrected chi connectivity index (χ4v) is 5.39. The number of esters is 1. The van der Waals surface area contributed by atoms with Gasteiger partial charge in [-0.3, -0.25) is 19.7 Å². The molecule has 0 saturated carbocycles. The normalized spacial score (nSPS) is 12.2. The Morgan fingerprint density at radius 1 is 1.05 bits per heavy atom. The maximum Gasteiger partial charge on any atom is 0.336 e. The maximum atomic E-state index is 13.6. The highest BCUT2D eigenvalue weighted by Gasteiger charge is 2.35. The van der Waals surface area contributed by atoms with Crippen LogP contribution in [0, 0.1) is 10.1 Å². The van der Waals surface area contributed by atoms with Gasteiger partial charge in [0.1, 0.15) is 0 Å². The third-order valence-corrected chi connectivity index (χ3v) is 7.36. The molecule has 0 spiro atoms. The minimum atomic E-state index is -4.53. The molecule has 2 aromatic carbocycles. The first-order chi connectivity index (χ1) is 17.6. The summed E-state index contributed by atoms with van der Waals surface area (Å²) in [7, 11) is -4.53. The number of nitrogens with zero attached hydrogens (tertiary/aromatic N) is 2. The largest absolute Gasteiger partial charge is 0.464 e. The predicted octanol–water partition coefficient (Wildman–Crippen LogP) is 3.60. The van der Waals surface area contributed by atoms with Crippen molar-refractivity contribution in [1.82, 2.24) is 9.29 Å². The third kappa shape index (κ3) is 5.85. The van der Waals surface area contributed by atoms with Gasteiger partial charge in [-0.15, -0.1) is 0 Å². The van der Waals surface area contributed by atoms with Gasteiger partial charge in [0.05, 0.1) is 17.0 Å². The van der Waals surface area contributed by atoms with Gasteiger partial charge >= 0.3 is 5.97 Å². The van der Waals surface area contributed by atoms with E-state index in [1.165, 1.54) is 24.3 Å². The summed E-state index contributed by atoms with van der Waals surface area (Å²) in [5.41, 5.74) is -0.720. The van der Waals surface area contributed by atoms with Crippen molar-refractivity contribution >= 4 is 44.3 Å². The van der Waals surface area contributed by atoms with Crippen LogP contribution in [0.15, 0.2) is 59.6 Å². The number of hydrogen-bond donors (Lipinski definition) is 1. The van der Waals surface area contributed by atoms with Crippen molar-refractivity contribution in [1.29, 1.82) is 0 Å². The lowest BCUT2D eigenvalue weighted by Crippen LogP contribution is -2.47. The number of para-hydroxylation sites is 2. The van der Waals surface area contributed by atoms with E-state index in [4.69, 9.17) is 4.74 Å². The molecule has 1 heterocycles. The molecule has 37 heavy (non-hydrogen) atoms. The highest BCUT2D eigenvalue weighted by molar-refractivity contribution is 7.90. The van der Waals surface area contributed by atoms with E-state index in [2.05, 4.69) is 5.32 Å². The summed E-state index contributed by atoms with van der Waals surface area (Å²) in [6.07, 6.45) is 3.35. The van der Waals surface area contributed by atoms with Gasteiger partial charge in [-0.05, 0) is 25.5 Å². The second kappa shape index (κ2) is 11.8. The fraction of sp³-hybridized carbons (Fsp3) is 0.320. The summed E-state index contributed by atoms with van der Waals surface area (Å²) in [4.78, 5) is 48.8. The summed E-state index contributed by atoms with van der Waals surface area (Å²) >= 11 is 0. The fourth-order valence-electron chi connectivity index (χ4n) is 3.86. The number of ether oxygens (including phenoxy) is 1. The van der Waals surface area contributed by atoms with Crippen molar-refractivity contribution in [3.63, 3.8) is 0 Å². The lowest BCUT2D eigenvalue weighted by Gasteiger charge is -2.16. The average molecular weight is 530 g/mol. The van der Waals surface area contributed by atoms with Gasteiger partial charge < -0.3 is 10.1 Å². The first-order valence-electron chi connectivity index (χ1n) is 11.7. The number of nitro groups is 1. The summed E-state index contributed by atoms with van der Waals surface area (Å²) in [5.74, 6) is -2.36. The number of amides is 1. The number of fused-ring (bicyclic) bond motifs is 1. The second-order valence-electron chi connectivity index (χ2n) is 8.16. The standard InChI is InChI=1S/C25H27N3O8S/c1-3-5-6-15-22(29)26-23(25(31)36-4-2)24(30)18-16-27(19-12-8-7-11-17(18)19)37(34,35)21-14-10-9-13-20(21)28(32)33/h7-14,16,23H,3-6,15H2,1-2H3,(H,26,29). The molecule has 1 unspecified atom stereocenters. The molecule has 0 saturated heterocycles. The molecule has 1 aromatic heterocycles. The number of nitrogens with one attached hydrogen (secondary N) is 1. The van der Waals surface area contributed by atoms with Crippen molar-refractivity contribution in [2.75, 3.05) is 6.61 Å². The molecule has 0 fully saturated rings. The van der Waals surface area contributed by atoms with Crippen LogP contribution in [0.3, 0.4) is 0 Å². The summed E-state index contributed by atoms with van der Waals surface area (Å²) in [6.45, 7) is 3.48. The molecule has 12 heteroatoms. The molecule has 0 bridgehead atoms. The first kappa shape index (κ1) is 27.5. The smallest absolute Gasteiger partial charge is 0.336 e. The molecule has 0 aliphatic heterocycles. The number of rotatable bonds is 12. The van der Waals surface area contributed by atoms with E-state index in [0.29, 0.717) is 6.42 Å². The molecule has 0 aliphatic rings. The lowest BCUT2D eigenvalue weighted by atomic mass is 10.0. The number of Topliss-reactive ketones (excluding diaryl/α,β-unsaturated/α-hetero) is 1. The van der Waals surface area contributed by atoms with Crippen LogP contribution in [0.1, 0.15) is 49.9 Å². The molecule has 0 radical (unpaired) electrons. The molecule has 1 N–H and O–H groups in total. The minimum Gasteiger partial charge on any atom is -0.464 e. The van der Waals surface area contributed by atoms with Crippen molar-refractivity contribution in [3.05, 3.63) is 70.4 Å². The Kier molecular flexibility index (Phi) is 8.77. The monoisotopic (exact) mass is 529 g/mol. The Bertz CT molecular complexity index is 1450. The zero-order valence-electron chi connectivity index (χ0n) is 20.4. The Labute approximate surface area is 213 Å². The molecule has 3 rings (SSSR count). The Balaban J connectivity index is 2.11. The molecule has 0 aliphatic carbocycles. The van der Waals surface area contributed by atoms with E-state index in [0.717, 1.165) is 35.1 Å². The van der Waals surface area contributed by atoms with E-state index in [1.807, 2.05) is 6.92 Å². The van der Waals surface area contributed by atoms with Gasteiger partial charge in [-0.1, -0.05) is 50.1 Å². The quantitative estimate of drug-likeness (QED) is 0.0932. The molecule has 1 amide bonds. The number of nitro benzene ring substituents is 1. The van der Waals surface area contributed by atoms with Crippen LogP contribution in [-0.4, -0.2) is 47.6 Å². The number of benzene rings is 2. The van der Waals surface area contributed by atoms with Crippen LogP contribution < -0.4 is 5.32 Å². The van der Waals surface area contributed by atoms with Crippen LogP contribution in [0.4, 0.5) is 5.69 Å². The molecule has 11 nitrogen and oxygen atoms in total. The van der Waals surface area contributed by atoms with E-state index in [-0.39, 0.29) is 29.5 Å². The number of unbranched alkanes of at least 4 members (excludes halogenated alkanes) is 2. The maximum absolute atomic E-state index is 13.6. The topological polar surface area (TPSA) is 155 Å². The zero-order chi connectivity index (χ0) is 27.2. The summed E-state index contributed by atoms with van der Waals surface area (Å²) < 4.78 is 32.8. The third-order valence-electron chi connectivity index (χ3n) is 5.64. The van der Waals surface area contributed by atoms with E-state index >= 15 is 0 Å². The predicted molar refractivity (Wildman–Crippen MR) is 135 cm³/mol. The Morgan fingerprint density at radius 2 is 1.73 bits per heavy atom. The lowest BCUT2D eigenvalue weighted by molar-refractivity contribution is -0.387. The summed E-state index contributed by atoms with van der Waals surface area (Å²) in [6, 6.07) is 9.19.